The van der Waals surface area contributed by atoms with Crippen molar-refractivity contribution in [1.29, 1.82) is 0 Å². The van der Waals surface area contributed by atoms with Crippen LogP contribution in [0.15, 0.2) is 18.2 Å². The minimum atomic E-state index is 0.0505. The van der Waals surface area contributed by atoms with Crippen molar-refractivity contribution in [1.82, 2.24) is 4.98 Å². The molecule has 19 heavy (non-hydrogen) atoms. The first-order valence-corrected chi connectivity index (χ1v) is 7.06. The third-order valence-electron chi connectivity index (χ3n) is 3.17. The van der Waals surface area contributed by atoms with E-state index in [-0.39, 0.29) is 5.41 Å². The number of aryl methyl sites for hydroxylation is 1. The molecule has 0 aliphatic rings. The number of aromatic nitrogens is 1. The summed E-state index contributed by atoms with van der Waals surface area (Å²) in [4.78, 5) is 4.73. The summed E-state index contributed by atoms with van der Waals surface area (Å²) >= 11 is 6.31. The van der Waals surface area contributed by atoms with Gasteiger partial charge in [0.2, 0.25) is 0 Å². The SMILES string of the molecule is CCNc1nc2c(Cl)cc(C)cc2cc1C(C)(C)C. The minimum Gasteiger partial charge on any atom is -0.370 e. The molecule has 0 atom stereocenters. The van der Waals surface area contributed by atoms with Gasteiger partial charge in [-0.3, -0.25) is 0 Å². The van der Waals surface area contributed by atoms with E-state index in [1.807, 2.05) is 6.07 Å². The molecule has 2 nitrogen and oxygen atoms in total. The van der Waals surface area contributed by atoms with Crippen molar-refractivity contribution in [3.05, 3.63) is 34.3 Å². The average Bonchev–Trinajstić information content (AvgIpc) is 2.28. The van der Waals surface area contributed by atoms with Crippen molar-refractivity contribution in [3.63, 3.8) is 0 Å². The Labute approximate surface area is 120 Å². The Morgan fingerprint density at radius 1 is 1.21 bits per heavy atom. The molecule has 1 heterocycles. The molecule has 0 fully saturated rings. The maximum Gasteiger partial charge on any atom is 0.130 e. The molecule has 0 aliphatic heterocycles. The molecule has 0 saturated heterocycles. The van der Waals surface area contributed by atoms with E-state index in [1.54, 1.807) is 0 Å². The number of benzene rings is 1. The van der Waals surface area contributed by atoms with Crippen LogP contribution in [0.4, 0.5) is 5.82 Å². The molecule has 2 rings (SSSR count). The predicted molar refractivity (Wildman–Crippen MR) is 84.4 cm³/mol. The number of hydrogen-bond donors (Lipinski definition) is 1. The summed E-state index contributed by atoms with van der Waals surface area (Å²) < 4.78 is 0. The summed E-state index contributed by atoms with van der Waals surface area (Å²) in [5.74, 6) is 0.938. The van der Waals surface area contributed by atoms with Crippen LogP contribution in [0.2, 0.25) is 5.02 Å². The molecule has 0 spiro atoms. The number of nitrogens with zero attached hydrogens (tertiary/aromatic N) is 1. The predicted octanol–water partition coefficient (Wildman–Crippen LogP) is 4.93. The van der Waals surface area contributed by atoms with Crippen LogP contribution >= 0.6 is 11.6 Å². The lowest BCUT2D eigenvalue weighted by atomic mass is 9.86. The van der Waals surface area contributed by atoms with Gasteiger partial charge in [0.15, 0.2) is 0 Å². The average molecular weight is 277 g/mol. The van der Waals surface area contributed by atoms with E-state index in [0.29, 0.717) is 0 Å². The summed E-state index contributed by atoms with van der Waals surface area (Å²) in [6, 6.07) is 6.31. The third kappa shape index (κ3) is 2.84. The molecular weight excluding hydrogens is 256 g/mol. The molecule has 0 saturated carbocycles. The Balaban J connectivity index is 2.76. The summed E-state index contributed by atoms with van der Waals surface area (Å²) in [5, 5.41) is 5.17. The van der Waals surface area contributed by atoms with Crippen molar-refractivity contribution in [3.8, 4) is 0 Å². The molecule has 0 radical (unpaired) electrons. The van der Waals surface area contributed by atoms with Gasteiger partial charge >= 0.3 is 0 Å². The maximum atomic E-state index is 6.31. The molecule has 0 bridgehead atoms. The monoisotopic (exact) mass is 276 g/mol. The highest BCUT2D eigenvalue weighted by atomic mass is 35.5. The molecule has 3 heteroatoms. The summed E-state index contributed by atoms with van der Waals surface area (Å²) in [7, 11) is 0. The zero-order valence-corrected chi connectivity index (χ0v) is 13.0. The van der Waals surface area contributed by atoms with Gasteiger partial charge in [-0.15, -0.1) is 0 Å². The van der Waals surface area contributed by atoms with Crippen LogP contribution in [0.25, 0.3) is 10.9 Å². The Morgan fingerprint density at radius 2 is 1.89 bits per heavy atom. The van der Waals surface area contributed by atoms with Gasteiger partial charge in [0.25, 0.3) is 0 Å². The van der Waals surface area contributed by atoms with Crippen molar-refractivity contribution in [2.45, 2.75) is 40.0 Å². The van der Waals surface area contributed by atoms with Crippen LogP contribution in [0.3, 0.4) is 0 Å². The van der Waals surface area contributed by atoms with Crippen molar-refractivity contribution in [2.75, 3.05) is 11.9 Å². The van der Waals surface area contributed by atoms with E-state index in [2.05, 4.69) is 52.1 Å². The first-order chi connectivity index (χ1) is 8.82. The highest BCUT2D eigenvalue weighted by Crippen LogP contribution is 2.33. The van der Waals surface area contributed by atoms with Crippen LogP contribution in [-0.4, -0.2) is 11.5 Å². The number of rotatable bonds is 2. The van der Waals surface area contributed by atoms with E-state index in [4.69, 9.17) is 16.6 Å². The summed E-state index contributed by atoms with van der Waals surface area (Å²) in [6.07, 6.45) is 0. The second kappa shape index (κ2) is 5.01. The summed E-state index contributed by atoms with van der Waals surface area (Å²) in [5.41, 5.74) is 3.31. The maximum absolute atomic E-state index is 6.31. The molecule has 1 N–H and O–H groups in total. The Hall–Kier alpha value is -1.28. The summed E-state index contributed by atoms with van der Waals surface area (Å²) in [6.45, 7) is 11.6. The molecule has 0 unspecified atom stereocenters. The fourth-order valence-electron chi connectivity index (χ4n) is 2.26. The number of anilines is 1. The van der Waals surface area contributed by atoms with Crippen LogP contribution < -0.4 is 5.32 Å². The fourth-order valence-corrected chi connectivity index (χ4v) is 2.58. The Bertz CT molecular complexity index is 612. The quantitative estimate of drug-likeness (QED) is 0.842. The highest BCUT2D eigenvalue weighted by molar-refractivity contribution is 6.35. The number of fused-ring (bicyclic) bond motifs is 1. The smallest absolute Gasteiger partial charge is 0.130 e. The Morgan fingerprint density at radius 3 is 2.47 bits per heavy atom. The van der Waals surface area contributed by atoms with E-state index in [0.717, 1.165) is 33.9 Å². The lowest BCUT2D eigenvalue weighted by Gasteiger charge is -2.23. The van der Waals surface area contributed by atoms with Crippen LogP contribution in [0.1, 0.15) is 38.8 Å². The number of pyridine rings is 1. The van der Waals surface area contributed by atoms with Gasteiger partial charge in [0, 0.05) is 17.5 Å². The molecule has 0 aliphatic carbocycles. The van der Waals surface area contributed by atoms with E-state index >= 15 is 0 Å². The second-order valence-electron chi connectivity index (χ2n) is 5.98. The van der Waals surface area contributed by atoms with Crippen molar-refractivity contribution >= 4 is 28.3 Å². The van der Waals surface area contributed by atoms with Gasteiger partial charge in [-0.2, -0.15) is 0 Å². The number of nitrogens with one attached hydrogen (secondary N) is 1. The van der Waals surface area contributed by atoms with Gasteiger partial charge in [0.05, 0.1) is 10.5 Å². The standard InChI is InChI=1S/C16H21ClN2/c1-6-18-15-12(16(3,4)5)9-11-7-10(2)8-13(17)14(11)19-15/h7-9H,6H2,1-5H3,(H,18,19). The molecule has 102 valence electrons. The molecule has 2 aromatic rings. The lowest BCUT2D eigenvalue weighted by Crippen LogP contribution is -2.16. The van der Waals surface area contributed by atoms with Gasteiger partial charge in [-0.1, -0.05) is 32.4 Å². The largest absolute Gasteiger partial charge is 0.370 e. The number of hydrogen-bond acceptors (Lipinski definition) is 2. The fraction of sp³-hybridized carbons (Fsp3) is 0.438. The normalized spacial score (nSPS) is 11.9. The van der Waals surface area contributed by atoms with Gasteiger partial charge in [-0.25, -0.2) is 4.98 Å². The van der Waals surface area contributed by atoms with Crippen molar-refractivity contribution < 1.29 is 0 Å². The zero-order valence-electron chi connectivity index (χ0n) is 12.3. The molecular formula is C16H21ClN2. The van der Waals surface area contributed by atoms with E-state index in [9.17, 15) is 0 Å². The molecule has 1 aromatic carbocycles. The molecule has 1 aromatic heterocycles. The first kappa shape index (κ1) is 14.1. The third-order valence-corrected chi connectivity index (χ3v) is 3.46. The van der Waals surface area contributed by atoms with E-state index < -0.39 is 0 Å². The second-order valence-corrected chi connectivity index (χ2v) is 6.39. The number of halogens is 1. The van der Waals surface area contributed by atoms with E-state index in [1.165, 1.54) is 5.56 Å². The molecule has 0 amide bonds. The lowest BCUT2D eigenvalue weighted by molar-refractivity contribution is 0.590. The van der Waals surface area contributed by atoms with Crippen LogP contribution in [-0.2, 0) is 5.41 Å². The highest BCUT2D eigenvalue weighted by Gasteiger charge is 2.20. The van der Waals surface area contributed by atoms with Crippen LogP contribution in [0.5, 0.6) is 0 Å². The topological polar surface area (TPSA) is 24.9 Å². The first-order valence-electron chi connectivity index (χ1n) is 6.68. The van der Waals surface area contributed by atoms with Crippen molar-refractivity contribution in [2.24, 2.45) is 0 Å². The van der Waals surface area contributed by atoms with Gasteiger partial charge < -0.3 is 5.32 Å². The van der Waals surface area contributed by atoms with Gasteiger partial charge in [0.1, 0.15) is 5.82 Å². The minimum absolute atomic E-state index is 0.0505. The zero-order chi connectivity index (χ0) is 14.2. The van der Waals surface area contributed by atoms with Gasteiger partial charge in [-0.05, 0) is 43.0 Å². The Kier molecular flexibility index (Phi) is 3.73. The van der Waals surface area contributed by atoms with Crippen LogP contribution in [0, 0.1) is 6.92 Å².